The minimum Gasteiger partial charge on any atom is -0.490 e. The molecule has 0 fully saturated rings. The van der Waals surface area contributed by atoms with Crippen LogP contribution in [0.3, 0.4) is 0 Å². The number of aromatic nitrogens is 2. The maximum Gasteiger partial charge on any atom is 0.272 e. The van der Waals surface area contributed by atoms with Gasteiger partial charge in [0.1, 0.15) is 0 Å². The van der Waals surface area contributed by atoms with Crippen molar-refractivity contribution < 1.29 is 14.3 Å². The number of anilines is 1. The van der Waals surface area contributed by atoms with Crippen molar-refractivity contribution in [1.29, 1.82) is 0 Å². The van der Waals surface area contributed by atoms with Gasteiger partial charge in [-0.2, -0.15) is 0 Å². The lowest BCUT2D eigenvalue weighted by molar-refractivity contribution is 0.0951. The molecule has 2 aromatic rings. The predicted octanol–water partition coefficient (Wildman–Crippen LogP) is 1.56. The molecule has 0 spiro atoms. The Balaban J connectivity index is 2.31. The average Bonchev–Trinajstić information content (AvgIpc) is 2.93. The molecule has 1 aromatic carbocycles. The van der Waals surface area contributed by atoms with E-state index in [1.807, 2.05) is 26.0 Å². The van der Waals surface area contributed by atoms with Gasteiger partial charge in [0, 0.05) is 12.6 Å². The van der Waals surface area contributed by atoms with E-state index in [1.165, 1.54) is 4.57 Å². The number of nitrogens with zero attached hydrogens (tertiary/aromatic N) is 2. The fourth-order valence-electron chi connectivity index (χ4n) is 2.37. The number of nitrogen functional groups attached to an aromatic ring is 1. The zero-order chi connectivity index (χ0) is 19.8. The van der Waals surface area contributed by atoms with Gasteiger partial charge in [0.25, 0.3) is 5.91 Å². The summed E-state index contributed by atoms with van der Waals surface area (Å²) in [5.74, 6) is 9.63. The number of carbonyl (C=O) groups excluding carboxylic acids is 1. The van der Waals surface area contributed by atoms with Crippen LogP contribution in [0.15, 0.2) is 18.2 Å². The molecule has 7 heteroatoms. The molecule has 27 heavy (non-hydrogen) atoms. The van der Waals surface area contributed by atoms with Gasteiger partial charge >= 0.3 is 0 Å². The number of nitrogens with two attached hydrogens (primary N) is 1. The minimum absolute atomic E-state index is 0.0954. The Morgan fingerprint density at radius 2 is 1.96 bits per heavy atom. The molecule has 0 aliphatic carbocycles. The third-order valence-corrected chi connectivity index (χ3v) is 3.55. The number of rotatable bonds is 6. The second-order valence-electron chi connectivity index (χ2n) is 5.39. The van der Waals surface area contributed by atoms with Crippen LogP contribution in [0.4, 0.5) is 5.82 Å². The van der Waals surface area contributed by atoms with E-state index in [9.17, 15) is 4.79 Å². The molecule has 7 nitrogen and oxygen atoms in total. The van der Waals surface area contributed by atoms with Gasteiger partial charge < -0.3 is 25.1 Å². The van der Waals surface area contributed by atoms with Gasteiger partial charge in [-0.25, -0.2) is 4.98 Å². The Bertz CT molecular complexity index is 929. The van der Waals surface area contributed by atoms with Crippen molar-refractivity contribution in [2.24, 2.45) is 7.05 Å². The first-order chi connectivity index (χ1) is 13.0. The highest BCUT2D eigenvalue weighted by atomic mass is 16.5. The van der Waals surface area contributed by atoms with Crippen molar-refractivity contribution in [3.8, 4) is 35.7 Å². The number of nitrogens with one attached hydrogen (secondary N) is 1. The summed E-state index contributed by atoms with van der Waals surface area (Å²) in [6, 6.07) is 5.44. The maximum absolute atomic E-state index is 12.1. The fraction of sp³-hybridized carbons (Fsp3) is 0.300. The van der Waals surface area contributed by atoms with Crippen LogP contribution in [0.2, 0.25) is 0 Å². The Morgan fingerprint density at radius 3 is 2.63 bits per heavy atom. The van der Waals surface area contributed by atoms with Crippen LogP contribution >= 0.6 is 0 Å². The largest absolute Gasteiger partial charge is 0.490 e. The Hall–Kier alpha value is -3.58. The molecule has 1 heterocycles. The van der Waals surface area contributed by atoms with Gasteiger partial charge in [0.05, 0.1) is 19.8 Å². The van der Waals surface area contributed by atoms with Gasteiger partial charge in [-0.15, -0.1) is 6.42 Å². The fourth-order valence-corrected chi connectivity index (χ4v) is 2.37. The van der Waals surface area contributed by atoms with E-state index in [0.29, 0.717) is 30.5 Å². The summed E-state index contributed by atoms with van der Waals surface area (Å²) in [7, 11) is 1.67. The first kappa shape index (κ1) is 19.7. The SMILES string of the molecule is C#CCNC(=O)c1c(N)nc(C#Cc2ccc(OCC)c(OCC)c2)n1C. The zero-order valence-electron chi connectivity index (χ0n) is 15.6. The zero-order valence-corrected chi connectivity index (χ0v) is 15.6. The van der Waals surface area contributed by atoms with E-state index in [2.05, 4.69) is 28.1 Å². The number of carbonyl (C=O) groups is 1. The molecular formula is C20H22N4O3. The molecule has 1 amide bonds. The highest BCUT2D eigenvalue weighted by Crippen LogP contribution is 2.28. The number of amides is 1. The van der Waals surface area contributed by atoms with Crippen molar-refractivity contribution in [3.05, 3.63) is 35.3 Å². The van der Waals surface area contributed by atoms with Crippen LogP contribution in [0, 0.1) is 24.2 Å². The van der Waals surface area contributed by atoms with Gasteiger partial charge in [-0.1, -0.05) is 11.8 Å². The first-order valence-electron chi connectivity index (χ1n) is 8.47. The van der Waals surface area contributed by atoms with Crippen molar-refractivity contribution in [2.75, 3.05) is 25.5 Å². The lowest BCUT2D eigenvalue weighted by Gasteiger charge is -2.10. The number of ether oxygens (including phenoxy) is 2. The molecule has 0 saturated heterocycles. The maximum atomic E-state index is 12.1. The van der Waals surface area contributed by atoms with Crippen molar-refractivity contribution in [1.82, 2.24) is 14.9 Å². The van der Waals surface area contributed by atoms with Gasteiger partial charge in [-0.05, 0) is 38.0 Å². The Labute approximate surface area is 158 Å². The Kier molecular flexibility index (Phi) is 6.73. The summed E-state index contributed by atoms with van der Waals surface area (Å²) < 4.78 is 12.7. The van der Waals surface area contributed by atoms with Crippen molar-refractivity contribution in [2.45, 2.75) is 13.8 Å². The molecule has 0 aliphatic rings. The molecule has 3 N–H and O–H groups in total. The number of benzene rings is 1. The summed E-state index contributed by atoms with van der Waals surface area (Å²) in [6.07, 6.45) is 5.15. The van der Waals surface area contributed by atoms with E-state index >= 15 is 0 Å². The molecule has 1 aromatic heterocycles. The third kappa shape index (κ3) is 4.74. The van der Waals surface area contributed by atoms with Crippen LogP contribution < -0.4 is 20.5 Å². The van der Waals surface area contributed by atoms with Crippen LogP contribution in [0.5, 0.6) is 11.5 Å². The van der Waals surface area contributed by atoms with E-state index in [0.717, 1.165) is 5.56 Å². The van der Waals surface area contributed by atoms with E-state index < -0.39 is 5.91 Å². The van der Waals surface area contributed by atoms with E-state index in [-0.39, 0.29) is 18.1 Å². The second kappa shape index (κ2) is 9.21. The lowest BCUT2D eigenvalue weighted by atomic mass is 10.2. The summed E-state index contributed by atoms with van der Waals surface area (Å²) >= 11 is 0. The van der Waals surface area contributed by atoms with E-state index in [4.69, 9.17) is 21.6 Å². The molecule has 140 valence electrons. The molecule has 0 radical (unpaired) electrons. The molecule has 0 saturated carbocycles. The normalized spacial score (nSPS) is 9.70. The van der Waals surface area contributed by atoms with Crippen LogP contribution in [-0.2, 0) is 7.05 Å². The smallest absolute Gasteiger partial charge is 0.272 e. The van der Waals surface area contributed by atoms with E-state index in [1.54, 1.807) is 13.1 Å². The number of terminal acetylenes is 1. The van der Waals surface area contributed by atoms with Gasteiger partial charge in [0.15, 0.2) is 28.8 Å². The summed E-state index contributed by atoms with van der Waals surface area (Å²) in [5, 5.41) is 2.56. The molecule has 0 atom stereocenters. The number of hydrogen-bond acceptors (Lipinski definition) is 5. The molecule has 0 bridgehead atoms. The molecule has 2 rings (SSSR count). The Morgan fingerprint density at radius 1 is 1.26 bits per heavy atom. The highest BCUT2D eigenvalue weighted by molar-refractivity contribution is 5.97. The van der Waals surface area contributed by atoms with Crippen molar-refractivity contribution in [3.63, 3.8) is 0 Å². The van der Waals surface area contributed by atoms with Crippen LogP contribution in [-0.4, -0.2) is 35.2 Å². The predicted molar refractivity (Wildman–Crippen MR) is 104 cm³/mol. The summed E-state index contributed by atoms with van der Waals surface area (Å²) in [6.45, 7) is 4.98. The summed E-state index contributed by atoms with van der Waals surface area (Å²) in [4.78, 5) is 16.3. The summed E-state index contributed by atoms with van der Waals surface area (Å²) in [5.41, 5.74) is 6.79. The van der Waals surface area contributed by atoms with Crippen LogP contribution in [0.25, 0.3) is 0 Å². The number of imidazole rings is 1. The lowest BCUT2D eigenvalue weighted by Crippen LogP contribution is -2.26. The molecular weight excluding hydrogens is 344 g/mol. The second-order valence-corrected chi connectivity index (χ2v) is 5.39. The average molecular weight is 366 g/mol. The molecule has 0 unspecified atom stereocenters. The van der Waals surface area contributed by atoms with Crippen molar-refractivity contribution >= 4 is 11.7 Å². The number of hydrogen-bond donors (Lipinski definition) is 2. The van der Waals surface area contributed by atoms with Crippen LogP contribution in [0.1, 0.15) is 35.7 Å². The third-order valence-electron chi connectivity index (χ3n) is 3.55. The minimum atomic E-state index is -0.395. The highest BCUT2D eigenvalue weighted by Gasteiger charge is 2.18. The topological polar surface area (TPSA) is 91.4 Å². The van der Waals surface area contributed by atoms with Gasteiger partial charge in [0.2, 0.25) is 0 Å². The van der Waals surface area contributed by atoms with Gasteiger partial charge in [-0.3, -0.25) is 4.79 Å². The first-order valence-corrected chi connectivity index (χ1v) is 8.47. The monoisotopic (exact) mass is 366 g/mol. The standard InChI is InChI=1S/C20H22N4O3/c1-5-12-22-20(25)18-19(21)23-17(24(18)4)11-9-14-8-10-15(26-6-2)16(13-14)27-7-3/h1,8,10,13H,6-7,12,21H2,2-4H3,(H,22,25). The molecule has 0 aliphatic heterocycles. The quantitative estimate of drug-likeness (QED) is 0.757.